The van der Waals surface area contributed by atoms with Crippen LogP contribution in [0.3, 0.4) is 0 Å². The molecule has 0 saturated heterocycles. The maximum atomic E-state index is 10.6. The van der Waals surface area contributed by atoms with Crippen molar-refractivity contribution >= 4 is 14.3 Å². The second-order valence-electron chi connectivity index (χ2n) is 5.51. The average molecular weight is 232 g/mol. The zero-order valence-electron chi connectivity index (χ0n) is 10.8. The lowest BCUT2D eigenvalue weighted by Gasteiger charge is -2.38. The Balaban J connectivity index is 4.47. The van der Waals surface area contributed by atoms with Gasteiger partial charge in [0.2, 0.25) is 0 Å². The van der Waals surface area contributed by atoms with Gasteiger partial charge in [-0.05, 0) is 24.6 Å². The van der Waals surface area contributed by atoms with Crippen LogP contribution in [0.5, 0.6) is 0 Å². The highest BCUT2D eigenvalue weighted by Crippen LogP contribution is 2.37. The number of hydrogen-bond acceptors (Lipinski definition) is 2. The van der Waals surface area contributed by atoms with Crippen molar-refractivity contribution in [1.29, 1.82) is 0 Å². The molecule has 0 aromatic heterocycles. The minimum absolute atomic E-state index is 0.114. The van der Waals surface area contributed by atoms with Gasteiger partial charge in [0.15, 0.2) is 8.32 Å². The molecule has 4 heteroatoms. The molecule has 0 heterocycles. The molecule has 0 unspecified atom stereocenters. The minimum atomic E-state index is -1.82. The quantitative estimate of drug-likeness (QED) is 0.740. The standard InChI is InChI=1S/C11H24O3Si/c1-7-9(8-10(12)13)14-15(5,6)11(2,3)4/h9H,7-8H2,1-6H3,(H,12,13)/t9-/m1/s1. The molecule has 0 aliphatic carbocycles. The Bertz CT molecular complexity index is 218. The highest BCUT2D eigenvalue weighted by Gasteiger charge is 2.39. The molecule has 0 amide bonds. The van der Waals surface area contributed by atoms with Gasteiger partial charge >= 0.3 is 5.97 Å². The van der Waals surface area contributed by atoms with Gasteiger partial charge in [0.05, 0.1) is 12.5 Å². The van der Waals surface area contributed by atoms with E-state index in [1.165, 1.54) is 0 Å². The van der Waals surface area contributed by atoms with Crippen LogP contribution in [0.4, 0.5) is 0 Å². The van der Waals surface area contributed by atoms with Crippen LogP contribution in [0.1, 0.15) is 40.5 Å². The summed E-state index contributed by atoms with van der Waals surface area (Å²) < 4.78 is 6.02. The minimum Gasteiger partial charge on any atom is -0.481 e. The number of carboxylic acid groups (broad SMARTS) is 1. The molecule has 0 aliphatic rings. The van der Waals surface area contributed by atoms with E-state index in [-0.39, 0.29) is 17.6 Å². The molecule has 0 aliphatic heterocycles. The molecule has 0 aromatic rings. The fourth-order valence-electron chi connectivity index (χ4n) is 1.06. The summed E-state index contributed by atoms with van der Waals surface area (Å²) in [6, 6.07) is 0. The van der Waals surface area contributed by atoms with E-state index in [2.05, 4.69) is 33.9 Å². The van der Waals surface area contributed by atoms with Gasteiger partial charge in [0.25, 0.3) is 0 Å². The van der Waals surface area contributed by atoms with Crippen molar-refractivity contribution in [1.82, 2.24) is 0 Å². The van der Waals surface area contributed by atoms with Gasteiger partial charge in [-0.3, -0.25) is 4.79 Å². The summed E-state index contributed by atoms with van der Waals surface area (Å²) in [5, 5.41) is 8.89. The molecule has 3 nitrogen and oxygen atoms in total. The predicted octanol–water partition coefficient (Wildman–Crippen LogP) is 3.26. The lowest BCUT2D eigenvalue weighted by atomic mass is 10.2. The first-order chi connectivity index (χ1) is 6.60. The number of carbonyl (C=O) groups is 1. The molecule has 90 valence electrons. The normalized spacial score (nSPS) is 15.1. The van der Waals surface area contributed by atoms with Crippen molar-refractivity contribution in [2.45, 2.75) is 64.8 Å². The maximum absolute atomic E-state index is 10.6. The number of carboxylic acids is 1. The fourth-order valence-corrected chi connectivity index (χ4v) is 2.49. The Labute approximate surface area is 94.0 Å². The van der Waals surface area contributed by atoms with Crippen molar-refractivity contribution in [2.24, 2.45) is 0 Å². The fraction of sp³-hybridized carbons (Fsp3) is 0.909. The molecule has 0 aromatic carbocycles. The first kappa shape index (κ1) is 14.6. The monoisotopic (exact) mass is 232 g/mol. The van der Waals surface area contributed by atoms with Gasteiger partial charge in [0, 0.05) is 0 Å². The van der Waals surface area contributed by atoms with Crippen molar-refractivity contribution in [3.8, 4) is 0 Å². The molecule has 0 fully saturated rings. The van der Waals surface area contributed by atoms with E-state index < -0.39 is 14.3 Å². The highest BCUT2D eigenvalue weighted by atomic mass is 28.4. The van der Waals surface area contributed by atoms with Crippen LogP contribution in [-0.2, 0) is 9.22 Å². The summed E-state index contributed by atoms with van der Waals surface area (Å²) >= 11 is 0. The van der Waals surface area contributed by atoms with Gasteiger partial charge in [0.1, 0.15) is 0 Å². The van der Waals surface area contributed by atoms with Crippen LogP contribution in [0, 0.1) is 0 Å². The largest absolute Gasteiger partial charge is 0.481 e. The van der Waals surface area contributed by atoms with Gasteiger partial charge in [-0.25, -0.2) is 0 Å². The van der Waals surface area contributed by atoms with E-state index in [9.17, 15) is 4.79 Å². The van der Waals surface area contributed by atoms with Crippen LogP contribution in [0.15, 0.2) is 0 Å². The molecule has 1 N–H and O–H groups in total. The SMILES string of the molecule is CC[C@H](CC(=O)O)O[Si](C)(C)C(C)(C)C. The van der Waals surface area contributed by atoms with Crippen molar-refractivity contribution in [3.05, 3.63) is 0 Å². The number of aliphatic carboxylic acids is 1. The van der Waals surface area contributed by atoms with Crippen LogP contribution in [0.25, 0.3) is 0 Å². The molecule has 0 radical (unpaired) electrons. The third kappa shape index (κ3) is 4.80. The third-order valence-electron chi connectivity index (χ3n) is 3.13. The number of rotatable bonds is 5. The first-order valence-corrected chi connectivity index (χ1v) is 8.40. The molecule has 0 bridgehead atoms. The molecule has 0 spiro atoms. The molecular weight excluding hydrogens is 208 g/mol. The van der Waals surface area contributed by atoms with Crippen molar-refractivity contribution < 1.29 is 14.3 Å². The Kier molecular flexibility index (Phi) is 5.00. The van der Waals surface area contributed by atoms with Gasteiger partial charge in [-0.15, -0.1) is 0 Å². The van der Waals surface area contributed by atoms with Crippen LogP contribution >= 0.6 is 0 Å². The van der Waals surface area contributed by atoms with Crippen molar-refractivity contribution in [2.75, 3.05) is 0 Å². The zero-order chi connectivity index (χ0) is 12.3. The third-order valence-corrected chi connectivity index (χ3v) is 7.66. The van der Waals surface area contributed by atoms with Gasteiger partial charge in [-0.2, -0.15) is 0 Å². The zero-order valence-corrected chi connectivity index (χ0v) is 11.8. The van der Waals surface area contributed by atoms with E-state index in [4.69, 9.17) is 9.53 Å². The Hall–Kier alpha value is -0.353. The summed E-state index contributed by atoms with van der Waals surface area (Å²) in [4.78, 5) is 10.6. The second-order valence-corrected chi connectivity index (χ2v) is 10.3. The lowest BCUT2D eigenvalue weighted by molar-refractivity contribution is -0.139. The van der Waals surface area contributed by atoms with Crippen LogP contribution in [0.2, 0.25) is 18.1 Å². The number of hydrogen-bond donors (Lipinski definition) is 1. The smallest absolute Gasteiger partial charge is 0.305 e. The van der Waals surface area contributed by atoms with Gasteiger partial charge in [-0.1, -0.05) is 27.7 Å². The van der Waals surface area contributed by atoms with Crippen LogP contribution < -0.4 is 0 Å². The summed E-state index contributed by atoms with van der Waals surface area (Å²) in [6.07, 6.45) is 0.741. The molecule has 0 saturated carbocycles. The van der Waals surface area contributed by atoms with E-state index in [0.717, 1.165) is 6.42 Å². The molecule has 15 heavy (non-hydrogen) atoms. The van der Waals surface area contributed by atoms with E-state index in [1.807, 2.05) is 6.92 Å². The summed E-state index contributed by atoms with van der Waals surface area (Å²) in [6.45, 7) is 12.8. The van der Waals surface area contributed by atoms with Gasteiger partial charge < -0.3 is 9.53 Å². The summed E-state index contributed by atoms with van der Waals surface area (Å²) in [5.74, 6) is -0.777. The van der Waals surface area contributed by atoms with E-state index >= 15 is 0 Å². The average Bonchev–Trinajstić information content (AvgIpc) is 1.99. The summed E-state index contributed by atoms with van der Waals surface area (Å²) in [7, 11) is -1.82. The Morgan fingerprint density at radius 2 is 1.87 bits per heavy atom. The first-order valence-electron chi connectivity index (χ1n) is 5.49. The highest BCUT2D eigenvalue weighted by molar-refractivity contribution is 6.74. The Morgan fingerprint density at radius 3 is 2.13 bits per heavy atom. The molecule has 1 atom stereocenters. The topological polar surface area (TPSA) is 46.5 Å². The van der Waals surface area contributed by atoms with Crippen molar-refractivity contribution in [3.63, 3.8) is 0 Å². The molecule has 0 rings (SSSR count). The maximum Gasteiger partial charge on any atom is 0.305 e. The van der Waals surface area contributed by atoms with Crippen LogP contribution in [-0.4, -0.2) is 25.5 Å². The predicted molar refractivity (Wildman–Crippen MR) is 64.6 cm³/mol. The second kappa shape index (κ2) is 5.12. The molecular formula is C11H24O3Si. The summed E-state index contributed by atoms with van der Waals surface area (Å²) in [5.41, 5.74) is 0. The lowest BCUT2D eigenvalue weighted by Crippen LogP contribution is -2.44. The van der Waals surface area contributed by atoms with E-state index in [0.29, 0.717) is 0 Å². The Morgan fingerprint density at radius 1 is 1.40 bits per heavy atom. The van der Waals surface area contributed by atoms with E-state index in [1.54, 1.807) is 0 Å².